The van der Waals surface area contributed by atoms with E-state index in [4.69, 9.17) is 14.0 Å². The molecule has 0 atom stereocenters. The highest BCUT2D eigenvalue weighted by atomic mass is 16.5. The molecule has 0 spiro atoms. The van der Waals surface area contributed by atoms with Crippen molar-refractivity contribution in [1.82, 2.24) is 10.1 Å². The summed E-state index contributed by atoms with van der Waals surface area (Å²) in [4.78, 5) is 13.9. The van der Waals surface area contributed by atoms with Crippen molar-refractivity contribution in [3.05, 3.63) is 30.0 Å². The highest BCUT2D eigenvalue weighted by Gasteiger charge is 2.18. The third-order valence-corrected chi connectivity index (χ3v) is 3.45. The predicted octanol–water partition coefficient (Wildman–Crippen LogP) is 2.84. The largest absolute Gasteiger partial charge is 0.493 e. The maximum absolute atomic E-state index is 12.2. The van der Waals surface area contributed by atoms with Gasteiger partial charge in [-0.25, -0.2) is 0 Å². The predicted molar refractivity (Wildman–Crippen MR) is 82.3 cm³/mol. The Kier molecular flexibility index (Phi) is 5.04. The van der Waals surface area contributed by atoms with Crippen LogP contribution in [0.15, 0.2) is 28.8 Å². The second kappa shape index (κ2) is 6.98. The van der Waals surface area contributed by atoms with Crippen LogP contribution in [0.5, 0.6) is 11.5 Å². The summed E-state index contributed by atoms with van der Waals surface area (Å²) in [5.74, 6) is 1.59. The van der Waals surface area contributed by atoms with E-state index in [0.717, 1.165) is 5.56 Å². The lowest BCUT2D eigenvalue weighted by Crippen LogP contribution is -2.30. The second-order valence-corrected chi connectivity index (χ2v) is 4.62. The van der Waals surface area contributed by atoms with Crippen LogP contribution >= 0.6 is 0 Å². The Bertz CT molecular complexity index is 647. The van der Waals surface area contributed by atoms with Crippen molar-refractivity contribution in [3.63, 3.8) is 0 Å². The maximum atomic E-state index is 12.2. The normalized spacial score (nSPS) is 10.4. The van der Waals surface area contributed by atoms with Crippen LogP contribution in [0.1, 0.15) is 24.3 Å². The zero-order valence-corrected chi connectivity index (χ0v) is 13.3. The smallest absolute Gasteiger partial charge is 0.276 e. The molecule has 1 heterocycles. The molecule has 118 valence electrons. The highest BCUT2D eigenvalue weighted by Crippen LogP contribution is 2.32. The van der Waals surface area contributed by atoms with Gasteiger partial charge in [0.25, 0.3) is 5.91 Å². The molecule has 22 heavy (non-hydrogen) atoms. The number of amides is 1. The molecule has 0 unspecified atom stereocenters. The molecule has 0 radical (unpaired) electrons. The highest BCUT2D eigenvalue weighted by molar-refractivity contribution is 5.93. The molecule has 6 nitrogen and oxygen atoms in total. The van der Waals surface area contributed by atoms with Crippen LogP contribution in [-0.4, -0.2) is 43.3 Å². The van der Waals surface area contributed by atoms with E-state index in [0.29, 0.717) is 36.0 Å². The van der Waals surface area contributed by atoms with E-state index in [-0.39, 0.29) is 5.91 Å². The van der Waals surface area contributed by atoms with Crippen molar-refractivity contribution < 1.29 is 18.8 Å². The summed E-state index contributed by atoms with van der Waals surface area (Å²) in [5, 5.41) is 3.87. The Morgan fingerprint density at radius 3 is 2.41 bits per heavy atom. The molecule has 0 N–H and O–H groups in total. The van der Waals surface area contributed by atoms with Gasteiger partial charge in [-0.2, -0.15) is 0 Å². The molecule has 2 aromatic rings. The second-order valence-electron chi connectivity index (χ2n) is 4.62. The number of ether oxygens (including phenoxy) is 2. The van der Waals surface area contributed by atoms with Crippen LogP contribution in [0.3, 0.4) is 0 Å². The summed E-state index contributed by atoms with van der Waals surface area (Å²) in [5.41, 5.74) is 1.07. The minimum atomic E-state index is -0.138. The van der Waals surface area contributed by atoms with Crippen molar-refractivity contribution in [1.29, 1.82) is 0 Å². The molecule has 0 fully saturated rings. The van der Waals surface area contributed by atoms with E-state index in [9.17, 15) is 4.79 Å². The SMILES string of the molecule is CCN(CC)C(=O)c1cc(-c2ccc(OC)c(OC)c2)on1. The first-order valence-corrected chi connectivity index (χ1v) is 7.12. The molecule has 2 rings (SSSR count). The van der Waals surface area contributed by atoms with E-state index in [2.05, 4.69) is 5.16 Å². The molecule has 6 heteroatoms. The molecule has 0 aliphatic heterocycles. The van der Waals surface area contributed by atoms with Crippen molar-refractivity contribution in [2.24, 2.45) is 0 Å². The zero-order chi connectivity index (χ0) is 16.1. The van der Waals surface area contributed by atoms with Gasteiger partial charge in [0.1, 0.15) is 0 Å². The first kappa shape index (κ1) is 15.9. The number of benzene rings is 1. The number of carbonyl (C=O) groups is 1. The summed E-state index contributed by atoms with van der Waals surface area (Å²) in [6.07, 6.45) is 0. The Labute approximate surface area is 129 Å². The number of nitrogens with zero attached hydrogens (tertiary/aromatic N) is 2. The Morgan fingerprint density at radius 2 is 1.82 bits per heavy atom. The van der Waals surface area contributed by atoms with Gasteiger partial charge in [-0.05, 0) is 32.0 Å². The summed E-state index contributed by atoms with van der Waals surface area (Å²) in [7, 11) is 3.14. The molecular formula is C16H20N2O4. The van der Waals surface area contributed by atoms with E-state index >= 15 is 0 Å². The Hall–Kier alpha value is -2.50. The van der Waals surface area contributed by atoms with Gasteiger partial charge < -0.3 is 18.9 Å². The minimum absolute atomic E-state index is 0.138. The fourth-order valence-corrected chi connectivity index (χ4v) is 2.17. The average Bonchev–Trinajstić information content (AvgIpc) is 3.05. The number of rotatable bonds is 6. The third kappa shape index (κ3) is 3.05. The van der Waals surface area contributed by atoms with Gasteiger partial charge in [0.2, 0.25) is 0 Å². The van der Waals surface area contributed by atoms with Gasteiger partial charge >= 0.3 is 0 Å². The lowest BCUT2D eigenvalue weighted by atomic mass is 10.1. The standard InChI is InChI=1S/C16H20N2O4/c1-5-18(6-2)16(19)12-10-14(22-17-12)11-7-8-13(20-3)15(9-11)21-4/h7-10H,5-6H2,1-4H3. The summed E-state index contributed by atoms with van der Waals surface area (Å²) < 4.78 is 15.8. The summed E-state index contributed by atoms with van der Waals surface area (Å²) in [6, 6.07) is 7.03. The van der Waals surface area contributed by atoms with Crippen LogP contribution in [0.4, 0.5) is 0 Å². The van der Waals surface area contributed by atoms with Gasteiger partial charge in [-0.3, -0.25) is 4.79 Å². The number of aromatic nitrogens is 1. The van der Waals surface area contributed by atoms with Crippen LogP contribution in [-0.2, 0) is 0 Å². The molecule has 0 bridgehead atoms. The lowest BCUT2D eigenvalue weighted by molar-refractivity contribution is 0.0762. The minimum Gasteiger partial charge on any atom is -0.493 e. The fourth-order valence-electron chi connectivity index (χ4n) is 2.17. The number of hydrogen-bond acceptors (Lipinski definition) is 5. The zero-order valence-electron chi connectivity index (χ0n) is 13.3. The van der Waals surface area contributed by atoms with E-state index in [1.165, 1.54) is 0 Å². The fraction of sp³-hybridized carbons (Fsp3) is 0.375. The molecule has 1 aromatic carbocycles. The number of hydrogen-bond donors (Lipinski definition) is 0. The molecule has 0 aliphatic rings. The van der Waals surface area contributed by atoms with Crippen molar-refractivity contribution in [2.45, 2.75) is 13.8 Å². The van der Waals surface area contributed by atoms with E-state index in [1.54, 1.807) is 37.3 Å². The summed E-state index contributed by atoms with van der Waals surface area (Å²) >= 11 is 0. The van der Waals surface area contributed by atoms with Gasteiger partial charge in [-0.15, -0.1) is 0 Å². The summed E-state index contributed by atoms with van der Waals surface area (Å²) in [6.45, 7) is 5.12. The molecule has 0 aliphatic carbocycles. The monoisotopic (exact) mass is 304 g/mol. The molecular weight excluding hydrogens is 284 g/mol. The number of carbonyl (C=O) groups excluding carboxylic acids is 1. The van der Waals surface area contributed by atoms with Crippen molar-refractivity contribution >= 4 is 5.91 Å². The number of methoxy groups -OCH3 is 2. The van der Waals surface area contributed by atoms with Gasteiger partial charge in [0, 0.05) is 24.7 Å². The van der Waals surface area contributed by atoms with Gasteiger partial charge in [-0.1, -0.05) is 5.16 Å². The van der Waals surface area contributed by atoms with Crippen LogP contribution in [0.2, 0.25) is 0 Å². The van der Waals surface area contributed by atoms with Crippen molar-refractivity contribution in [2.75, 3.05) is 27.3 Å². The molecule has 1 aromatic heterocycles. The topological polar surface area (TPSA) is 64.8 Å². The van der Waals surface area contributed by atoms with Crippen LogP contribution in [0, 0.1) is 0 Å². The first-order valence-electron chi connectivity index (χ1n) is 7.12. The Balaban J connectivity index is 2.30. The molecule has 0 saturated heterocycles. The van der Waals surface area contributed by atoms with Gasteiger partial charge in [0.15, 0.2) is 23.0 Å². The first-order chi connectivity index (χ1) is 10.6. The maximum Gasteiger partial charge on any atom is 0.276 e. The van der Waals surface area contributed by atoms with Crippen LogP contribution in [0.25, 0.3) is 11.3 Å². The third-order valence-electron chi connectivity index (χ3n) is 3.45. The van der Waals surface area contributed by atoms with E-state index < -0.39 is 0 Å². The van der Waals surface area contributed by atoms with Gasteiger partial charge in [0.05, 0.1) is 14.2 Å². The average molecular weight is 304 g/mol. The van der Waals surface area contributed by atoms with E-state index in [1.807, 2.05) is 19.9 Å². The molecule has 1 amide bonds. The lowest BCUT2D eigenvalue weighted by Gasteiger charge is -2.16. The molecule has 0 saturated carbocycles. The quantitative estimate of drug-likeness (QED) is 0.821. The van der Waals surface area contributed by atoms with Crippen molar-refractivity contribution in [3.8, 4) is 22.8 Å². The van der Waals surface area contributed by atoms with Crippen LogP contribution < -0.4 is 9.47 Å². The Morgan fingerprint density at radius 1 is 1.14 bits per heavy atom.